The van der Waals surface area contributed by atoms with Gasteiger partial charge in [-0.15, -0.1) is 0 Å². The Kier molecular flexibility index (Phi) is 10.7. The zero-order valence-electron chi connectivity index (χ0n) is 23.6. The molecular weight excluding hydrogens is 534 g/mol. The number of imidazole rings is 1. The number of nitrogens with zero attached hydrogens (tertiary/aromatic N) is 4. The van der Waals surface area contributed by atoms with Crippen molar-refractivity contribution in [2.75, 3.05) is 38.4 Å². The lowest BCUT2D eigenvalue weighted by atomic mass is 9.94. The Balaban J connectivity index is 1.65. The minimum atomic E-state index is -3.67. The summed E-state index contributed by atoms with van der Waals surface area (Å²) in [6.07, 6.45) is 7.00. The standard InChI is InChI=1S/C28H41N5O6S/c1-4-6-13-37-24-15-23(33-19-30-25-26(33)31-28(29)32-27(25)38-14-7-5-2)21(18-39-40(3,34)35)22(24)17-36-16-20-11-9-8-10-12-20/h8-12,19,21-24H,4-7,13-18H2,1-3H3,(H2,29,31,32)/t21-,22-,23-,24-/m0/s1. The van der Waals surface area contributed by atoms with Crippen LogP contribution in [0.25, 0.3) is 11.2 Å². The van der Waals surface area contributed by atoms with Crippen LogP contribution < -0.4 is 10.5 Å². The maximum absolute atomic E-state index is 12.0. The number of anilines is 1. The van der Waals surface area contributed by atoms with Crippen molar-refractivity contribution in [1.29, 1.82) is 0 Å². The molecule has 1 aromatic carbocycles. The first-order valence-electron chi connectivity index (χ1n) is 14.0. The molecule has 4 rings (SSSR count). The zero-order valence-corrected chi connectivity index (χ0v) is 24.4. The monoisotopic (exact) mass is 575 g/mol. The molecule has 0 saturated heterocycles. The molecule has 1 aliphatic carbocycles. The predicted molar refractivity (Wildman–Crippen MR) is 152 cm³/mol. The molecule has 0 unspecified atom stereocenters. The number of nitrogen functional groups attached to an aromatic ring is 1. The van der Waals surface area contributed by atoms with Gasteiger partial charge in [0, 0.05) is 24.5 Å². The number of unbranched alkanes of at least 4 members (excludes halogenated alkanes) is 2. The van der Waals surface area contributed by atoms with Gasteiger partial charge in [-0.2, -0.15) is 18.4 Å². The van der Waals surface area contributed by atoms with Gasteiger partial charge in [0.05, 0.1) is 45.1 Å². The van der Waals surface area contributed by atoms with E-state index < -0.39 is 10.1 Å². The van der Waals surface area contributed by atoms with E-state index in [4.69, 9.17) is 24.1 Å². The van der Waals surface area contributed by atoms with E-state index in [2.05, 4.69) is 28.8 Å². The maximum atomic E-state index is 12.0. The van der Waals surface area contributed by atoms with Gasteiger partial charge in [0.25, 0.3) is 10.1 Å². The second kappa shape index (κ2) is 14.2. The third-order valence-electron chi connectivity index (χ3n) is 7.22. The number of rotatable bonds is 16. The van der Waals surface area contributed by atoms with E-state index in [1.807, 2.05) is 34.9 Å². The highest BCUT2D eigenvalue weighted by Gasteiger charge is 2.46. The largest absolute Gasteiger partial charge is 0.476 e. The molecule has 2 N–H and O–H groups in total. The molecule has 40 heavy (non-hydrogen) atoms. The van der Waals surface area contributed by atoms with Gasteiger partial charge in [0.1, 0.15) is 0 Å². The Bertz CT molecular complexity index is 1320. The van der Waals surface area contributed by atoms with E-state index in [-0.39, 0.29) is 36.5 Å². The van der Waals surface area contributed by atoms with E-state index >= 15 is 0 Å². The van der Waals surface area contributed by atoms with Crippen molar-refractivity contribution in [3.8, 4) is 5.88 Å². The summed E-state index contributed by atoms with van der Waals surface area (Å²) in [5.74, 6) is 0.0516. The van der Waals surface area contributed by atoms with Crippen molar-refractivity contribution in [3.63, 3.8) is 0 Å². The Hall–Kier alpha value is -2.80. The number of fused-ring (bicyclic) bond motifs is 1. The van der Waals surface area contributed by atoms with Gasteiger partial charge in [-0.25, -0.2) is 4.98 Å². The molecule has 12 heteroatoms. The van der Waals surface area contributed by atoms with Crippen molar-refractivity contribution in [1.82, 2.24) is 19.5 Å². The molecule has 1 fully saturated rings. The fraction of sp³-hybridized carbons (Fsp3) is 0.607. The molecular formula is C28H41N5O6S. The average Bonchev–Trinajstić information content (AvgIpc) is 3.49. The SMILES string of the molecule is CCCCOc1nc(N)nc2c1ncn2[C@H]1C[C@H](OCCCC)[C@@H](COCc2ccccc2)[C@@H]1COS(C)(=O)=O. The van der Waals surface area contributed by atoms with Gasteiger partial charge in [0.2, 0.25) is 11.8 Å². The van der Waals surface area contributed by atoms with Gasteiger partial charge in [-0.3, -0.25) is 4.18 Å². The Morgan fingerprint density at radius 2 is 1.77 bits per heavy atom. The molecule has 0 amide bonds. The summed E-state index contributed by atoms with van der Waals surface area (Å²) in [6.45, 7) is 6.12. The van der Waals surface area contributed by atoms with Crippen LogP contribution in [0.15, 0.2) is 36.7 Å². The molecule has 220 valence electrons. The number of nitrogens with two attached hydrogens (primary N) is 1. The quantitative estimate of drug-likeness (QED) is 0.196. The highest BCUT2D eigenvalue weighted by molar-refractivity contribution is 7.85. The predicted octanol–water partition coefficient (Wildman–Crippen LogP) is 4.14. The van der Waals surface area contributed by atoms with Crippen molar-refractivity contribution in [2.24, 2.45) is 11.8 Å². The highest BCUT2D eigenvalue weighted by Crippen LogP contribution is 2.44. The molecule has 2 heterocycles. The first kappa shape index (κ1) is 30.2. The minimum Gasteiger partial charge on any atom is -0.476 e. The third-order valence-corrected chi connectivity index (χ3v) is 7.79. The van der Waals surface area contributed by atoms with Crippen LogP contribution in [0.5, 0.6) is 5.88 Å². The minimum absolute atomic E-state index is 0.0173. The van der Waals surface area contributed by atoms with E-state index in [9.17, 15) is 8.42 Å². The van der Waals surface area contributed by atoms with Crippen LogP contribution in [0.3, 0.4) is 0 Å². The van der Waals surface area contributed by atoms with Crippen molar-refractivity contribution in [3.05, 3.63) is 42.2 Å². The second-order valence-corrected chi connectivity index (χ2v) is 11.9. The van der Waals surface area contributed by atoms with Gasteiger partial charge in [-0.1, -0.05) is 57.0 Å². The molecule has 3 aromatic rings. The second-order valence-electron chi connectivity index (χ2n) is 10.3. The normalized spacial score (nSPS) is 21.3. The zero-order chi connectivity index (χ0) is 28.5. The summed E-state index contributed by atoms with van der Waals surface area (Å²) >= 11 is 0. The first-order valence-corrected chi connectivity index (χ1v) is 15.8. The molecule has 11 nitrogen and oxygen atoms in total. The molecule has 2 aromatic heterocycles. The highest BCUT2D eigenvalue weighted by atomic mass is 32.2. The lowest BCUT2D eigenvalue weighted by molar-refractivity contribution is -0.0269. The molecule has 1 aliphatic rings. The Morgan fingerprint density at radius 1 is 1.02 bits per heavy atom. The molecule has 1 saturated carbocycles. The fourth-order valence-corrected chi connectivity index (χ4v) is 5.56. The lowest BCUT2D eigenvalue weighted by Crippen LogP contribution is -2.31. The van der Waals surface area contributed by atoms with E-state index in [0.717, 1.165) is 37.5 Å². The van der Waals surface area contributed by atoms with Crippen LogP contribution in [0.1, 0.15) is 57.6 Å². The molecule has 0 aliphatic heterocycles. The molecule has 0 radical (unpaired) electrons. The van der Waals surface area contributed by atoms with Crippen molar-refractivity contribution < 1.29 is 26.8 Å². The van der Waals surface area contributed by atoms with Gasteiger partial charge in [-0.05, 0) is 24.8 Å². The summed E-state index contributed by atoms with van der Waals surface area (Å²) in [5, 5.41) is 0. The molecule has 4 atom stereocenters. The summed E-state index contributed by atoms with van der Waals surface area (Å²) in [5.41, 5.74) is 8.18. The number of hydrogen-bond acceptors (Lipinski definition) is 10. The summed E-state index contributed by atoms with van der Waals surface area (Å²) in [7, 11) is -3.67. The number of benzene rings is 1. The van der Waals surface area contributed by atoms with Crippen LogP contribution in [-0.4, -0.2) is 66.7 Å². The molecule has 0 bridgehead atoms. The fourth-order valence-electron chi connectivity index (χ4n) is 5.16. The van der Waals surface area contributed by atoms with Gasteiger partial charge in [0.15, 0.2) is 11.2 Å². The van der Waals surface area contributed by atoms with E-state index in [0.29, 0.717) is 49.9 Å². The van der Waals surface area contributed by atoms with Crippen LogP contribution in [0.2, 0.25) is 0 Å². The topological polar surface area (TPSA) is 141 Å². The van der Waals surface area contributed by atoms with Gasteiger partial charge < -0.3 is 24.5 Å². The van der Waals surface area contributed by atoms with Gasteiger partial charge >= 0.3 is 0 Å². The average molecular weight is 576 g/mol. The van der Waals surface area contributed by atoms with Crippen LogP contribution in [0.4, 0.5) is 5.95 Å². The Labute approximate surface area is 236 Å². The van der Waals surface area contributed by atoms with E-state index in [1.54, 1.807) is 6.33 Å². The lowest BCUT2D eigenvalue weighted by Gasteiger charge is -2.27. The number of hydrogen-bond donors (Lipinski definition) is 1. The smallest absolute Gasteiger partial charge is 0.264 e. The summed E-state index contributed by atoms with van der Waals surface area (Å²) in [4.78, 5) is 13.3. The van der Waals surface area contributed by atoms with Crippen LogP contribution >= 0.6 is 0 Å². The summed E-state index contributed by atoms with van der Waals surface area (Å²) < 4.78 is 49.8. The maximum Gasteiger partial charge on any atom is 0.264 e. The first-order chi connectivity index (χ1) is 19.3. The van der Waals surface area contributed by atoms with Crippen molar-refractivity contribution >= 4 is 27.2 Å². The Morgan fingerprint density at radius 3 is 2.50 bits per heavy atom. The van der Waals surface area contributed by atoms with Crippen LogP contribution in [0, 0.1) is 11.8 Å². The summed E-state index contributed by atoms with van der Waals surface area (Å²) in [6, 6.07) is 9.72. The number of ether oxygens (including phenoxy) is 3. The van der Waals surface area contributed by atoms with E-state index in [1.165, 1.54) is 0 Å². The van der Waals surface area contributed by atoms with Crippen LogP contribution in [-0.2, 0) is 30.4 Å². The van der Waals surface area contributed by atoms with Crippen molar-refractivity contribution in [2.45, 2.75) is 64.7 Å². The number of aromatic nitrogens is 4. The third kappa shape index (κ3) is 7.90. The molecule has 0 spiro atoms.